The molecule has 3 aromatic rings. The maximum Gasteiger partial charge on any atom is 0.226 e. The lowest BCUT2D eigenvalue weighted by Gasteiger charge is -2.29. The van der Waals surface area contributed by atoms with Crippen molar-refractivity contribution in [2.24, 2.45) is 5.92 Å². The fourth-order valence-electron chi connectivity index (χ4n) is 4.88. The molecule has 0 aliphatic carbocycles. The van der Waals surface area contributed by atoms with E-state index in [1.54, 1.807) is 6.20 Å². The third kappa shape index (κ3) is 4.80. The van der Waals surface area contributed by atoms with Crippen molar-refractivity contribution in [3.05, 3.63) is 76.3 Å². The normalized spacial score (nSPS) is 17.9. The minimum Gasteiger partial charge on any atom is -0.351 e. The highest BCUT2D eigenvalue weighted by Crippen LogP contribution is 2.44. The average molecular weight is 510 g/mol. The van der Waals surface area contributed by atoms with E-state index in [0.29, 0.717) is 21.9 Å². The van der Waals surface area contributed by atoms with Gasteiger partial charge in [0, 0.05) is 35.2 Å². The Kier molecular flexibility index (Phi) is 7.20. The third-order valence-corrected chi connectivity index (χ3v) is 7.10. The van der Waals surface area contributed by atoms with Crippen LogP contribution in [0.4, 0.5) is 11.4 Å². The number of carbonyl (C=O) groups excluding carboxylic acids is 1. The molecule has 1 aliphatic heterocycles. The predicted octanol–water partition coefficient (Wildman–Crippen LogP) is 6.51. The molecule has 8 heteroatoms. The Bertz CT molecular complexity index is 1250. The molecule has 1 aromatic carbocycles. The van der Waals surface area contributed by atoms with Crippen LogP contribution >= 0.6 is 23.8 Å². The van der Waals surface area contributed by atoms with Crippen molar-refractivity contribution in [2.45, 2.75) is 59.7 Å². The van der Waals surface area contributed by atoms with Gasteiger partial charge in [-0.2, -0.15) is 0 Å². The third-order valence-electron chi connectivity index (χ3n) is 6.47. The van der Waals surface area contributed by atoms with Crippen molar-refractivity contribution in [2.75, 3.05) is 10.2 Å². The number of hydrogen-bond donors (Lipinski definition) is 2. The number of nitrogens with one attached hydrogen (secondary N) is 2. The molecule has 0 saturated carbocycles. The van der Waals surface area contributed by atoms with E-state index < -0.39 is 0 Å². The molecule has 1 amide bonds. The van der Waals surface area contributed by atoms with Gasteiger partial charge < -0.3 is 20.1 Å². The first-order valence-corrected chi connectivity index (χ1v) is 12.7. The highest BCUT2D eigenvalue weighted by atomic mass is 35.5. The SMILES string of the molecule is Cc1cc(C2C(c3ccccn3)NC(=S)N2c2ccc(NC(=O)C(C)C)c(Cl)c2)c(C)n1C(C)C. The number of anilines is 2. The first-order valence-electron chi connectivity index (χ1n) is 11.9. The summed E-state index contributed by atoms with van der Waals surface area (Å²) in [6.07, 6.45) is 1.81. The molecular formula is C27H32ClN5OS. The largest absolute Gasteiger partial charge is 0.351 e. The van der Waals surface area contributed by atoms with Crippen molar-refractivity contribution in [3.8, 4) is 0 Å². The summed E-state index contributed by atoms with van der Waals surface area (Å²) >= 11 is 12.5. The van der Waals surface area contributed by atoms with Crippen LogP contribution in [0, 0.1) is 19.8 Å². The molecular weight excluding hydrogens is 478 g/mol. The molecule has 184 valence electrons. The summed E-state index contributed by atoms with van der Waals surface area (Å²) in [6.45, 7) is 12.4. The summed E-state index contributed by atoms with van der Waals surface area (Å²) < 4.78 is 2.35. The Labute approximate surface area is 217 Å². The second kappa shape index (κ2) is 9.99. The van der Waals surface area contributed by atoms with Crippen LogP contribution in [-0.2, 0) is 4.79 Å². The van der Waals surface area contributed by atoms with E-state index in [2.05, 4.69) is 58.8 Å². The van der Waals surface area contributed by atoms with Gasteiger partial charge in [-0.25, -0.2) is 0 Å². The lowest BCUT2D eigenvalue weighted by atomic mass is 9.96. The van der Waals surface area contributed by atoms with Crippen molar-refractivity contribution >= 4 is 46.2 Å². The summed E-state index contributed by atoms with van der Waals surface area (Å²) in [7, 11) is 0. The van der Waals surface area contributed by atoms with Crippen molar-refractivity contribution < 1.29 is 4.79 Å². The standard InChI is InChI=1S/C27H32ClN5OS/c1-15(2)26(34)30-22-11-10-19(14-21(22)28)33-25(20-13-17(5)32(16(3)4)18(20)6)24(31-27(33)35)23-9-7-8-12-29-23/h7-16,24-25H,1-6H3,(H,30,34)(H,31,35). The van der Waals surface area contributed by atoms with Crippen molar-refractivity contribution in [3.63, 3.8) is 0 Å². The molecule has 1 fully saturated rings. The molecule has 2 aromatic heterocycles. The second-order valence-electron chi connectivity index (χ2n) is 9.59. The maximum atomic E-state index is 12.2. The molecule has 0 spiro atoms. The molecule has 3 heterocycles. The fourth-order valence-corrected chi connectivity index (χ4v) is 5.45. The van der Waals surface area contributed by atoms with Gasteiger partial charge in [-0.05, 0) is 81.9 Å². The van der Waals surface area contributed by atoms with Gasteiger partial charge in [0.05, 0.1) is 28.5 Å². The molecule has 0 bridgehead atoms. The highest BCUT2D eigenvalue weighted by Gasteiger charge is 2.42. The number of carbonyl (C=O) groups is 1. The van der Waals surface area contributed by atoms with Crippen LogP contribution in [0.15, 0.2) is 48.7 Å². The van der Waals surface area contributed by atoms with Crippen LogP contribution in [0.25, 0.3) is 0 Å². The first-order chi connectivity index (χ1) is 16.6. The monoisotopic (exact) mass is 509 g/mol. The molecule has 0 radical (unpaired) electrons. The number of hydrogen-bond acceptors (Lipinski definition) is 3. The number of pyridine rings is 1. The summed E-state index contributed by atoms with van der Waals surface area (Å²) in [5.74, 6) is -0.215. The number of thiocarbonyl (C=S) groups is 1. The van der Waals surface area contributed by atoms with Gasteiger partial charge in [-0.1, -0.05) is 31.5 Å². The van der Waals surface area contributed by atoms with Crippen LogP contribution in [0.2, 0.25) is 5.02 Å². The Morgan fingerprint density at radius 2 is 1.89 bits per heavy atom. The van der Waals surface area contributed by atoms with E-state index in [9.17, 15) is 4.79 Å². The fraction of sp³-hybridized carbons (Fsp3) is 0.370. The van der Waals surface area contributed by atoms with Crippen LogP contribution < -0.4 is 15.5 Å². The smallest absolute Gasteiger partial charge is 0.226 e. The van der Waals surface area contributed by atoms with Gasteiger partial charge in [0.2, 0.25) is 5.91 Å². The first kappa shape index (κ1) is 25.2. The van der Waals surface area contributed by atoms with E-state index in [4.69, 9.17) is 23.8 Å². The lowest BCUT2D eigenvalue weighted by Crippen LogP contribution is -2.29. The number of aryl methyl sites for hydroxylation is 1. The molecule has 6 nitrogen and oxygen atoms in total. The molecule has 1 aliphatic rings. The maximum absolute atomic E-state index is 12.2. The molecule has 35 heavy (non-hydrogen) atoms. The van der Waals surface area contributed by atoms with Gasteiger partial charge >= 0.3 is 0 Å². The molecule has 1 saturated heterocycles. The Balaban J connectivity index is 1.81. The van der Waals surface area contributed by atoms with Gasteiger partial charge in [0.1, 0.15) is 0 Å². The van der Waals surface area contributed by atoms with E-state index >= 15 is 0 Å². The molecule has 4 rings (SSSR count). The topological polar surface area (TPSA) is 62.2 Å². The Morgan fingerprint density at radius 1 is 1.14 bits per heavy atom. The lowest BCUT2D eigenvalue weighted by molar-refractivity contribution is -0.118. The number of halogens is 1. The van der Waals surface area contributed by atoms with Gasteiger partial charge in [0.15, 0.2) is 5.11 Å². The number of rotatable bonds is 6. The molecule has 2 atom stereocenters. The highest BCUT2D eigenvalue weighted by molar-refractivity contribution is 7.80. The molecule has 2 N–H and O–H groups in total. The Hall–Kier alpha value is -2.90. The van der Waals surface area contributed by atoms with Gasteiger partial charge in [0.25, 0.3) is 0 Å². The van der Waals surface area contributed by atoms with Crippen LogP contribution in [0.3, 0.4) is 0 Å². The van der Waals surface area contributed by atoms with Crippen LogP contribution in [-0.4, -0.2) is 20.6 Å². The zero-order chi connectivity index (χ0) is 25.4. The number of nitrogens with zero attached hydrogens (tertiary/aromatic N) is 3. The number of amides is 1. The summed E-state index contributed by atoms with van der Waals surface area (Å²) in [5.41, 5.74) is 5.95. The minimum atomic E-state index is -0.138. The van der Waals surface area contributed by atoms with Crippen LogP contribution in [0.1, 0.15) is 68.5 Å². The summed E-state index contributed by atoms with van der Waals surface area (Å²) in [5, 5.41) is 7.48. The summed E-state index contributed by atoms with van der Waals surface area (Å²) in [6, 6.07) is 13.9. The number of benzene rings is 1. The zero-order valence-electron chi connectivity index (χ0n) is 21.0. The van der Waals surface area contributed by atoms with Crippen molar-refractivity contribution in [1.82, 2.24) is 14.9 Å². The predicted molar refractivity (Wildman–Crippen MR) is 147 cm³/mol. The quantitative estimate of drug-likeness (QED) is 0.371. The summed E-state index contributed by atoms with van der Waals surface area (Å²) in [4.78, 5) is 19.0. The van der Waals surface area contributed by atoms with E-state index in [1.807, 2.05) is 50.2 Å². The zero-order valence-corrected chi connectivity index (χ0v) is 22.5. The van der Waals surface area contributed by atoms with Gasteiger partial charge in [-0.15, -0.1) is 0 Å². The minimum absolute atomic E-state index is 0.0766. The second-order valence-corrected chi connectivity index (χ2v) is 10.4. The van der Waals surface area contributed by atoms with Crippen molar-refractivity contribution in [1.29, 1.82) is 0 Å². The van der Waals surface area contributed by atoms with E-state index in [-0.39, 0.29) is 23.9 Å². The Morgan fingerprint density at radius 3 is 2.46 bits per heavy atom. The molecule has 2 unspecified atom stereocenters. The van der Waals surface area contributed by atoms with E-state index in [1.165, 1.54) is 17.0 Å². The number of aromatic nitrogens is 2. The van der Waals surface area contributed by atoms with Gasteiger partial charge in [-0.3, -0.25) is 9.78 Å². The van der Waals surface area contributed by atoms with E-state index in [0.717, 1.165) is 11.4 Å². The van der Waals surface area contributed by atoms with Crippen LogP contribution in [0.5, 0.6) is 0 Å². The average Bonchev–Trinajstić information content (AvgIpc) is 3.30.